The van der Waals surface area contributed by atoms with Crippen molar-refractivity contribution in [1.82, 2.24) is 10.3 Å². The Morgan fingerprint density at radius 2 is 2.47 bits per heavy atom. The second-order valence-electron chi connectivity index (χ2n) is 3.50. The fourth-order valence-electron chi connectivity index (χ4n) is 1.76. The molecule has 1 saturated heterocycles. The standard InChI is InChI=1S/C10H14N4O/c11-10(15)8-7-12-5-6-14(8)9-3-1-2-4-13-9/h1-4,8,12H,5-7H2,(H2,11,15). The van der Waals surface area contributed by atoms with E-state index in [2.05, 4.69) is 10.3 Å². The van der Waals surface area contributed by atoms with Crippen molar-refractivity contribution in [2.24, 2.45) is 5.73 Å². The number of piperazine rings is 1. The summed E-state index contributed by atoms with van der Waals surface area (Å²) in [4.78, 5) is 17.4. The molecule has 0 aliphatic carbocycles. The van der Waals surface area contributed by atoms with E-state index in [1.165, 1.54) is 0 Å². The Labute approximate surface area is 88.3 Å². The average molecular weight is 206 g/mol. The summed E-state index contributed by atoms with van der Waals surface area (Å²) in [6.07, 6.45) is 1.72. The van der Waals surface area contributed by atoms with E-state index in [-0.39, 0.29) is 11.9 Å². The van der Waals surface area contributed by atoms with Gasteiger partial charge in [-0.1, -0.05) is 6.07 Å². The molecular weight excluding hydrogens is 192 g/mol. The van der Waals surface area contributed by atoms with Crippen molar-refractivity contribution in [2.45, 2.75) is 6.04 Å². The first-order valence-corrected chi connectivity index (χ1v) is 4.97. The second-order valence-corrected chi connectivity index (χ2v) is 3.50. The molecule has 0 saturated carbocycles. The number of aromatic nitrogens is 1. The zero-order chi connectivity index (χ0) is 10.7. The van der Waals surface area contributed by atoms with Gasteiger partial charge in [0.15, 0.2) is 0 Å². The Balaban J connectivity index is 2.22. The molecule has 0 bridgehead atoms. The molecule has 2 rings (SSSR count). The molecule has 5 heteroatoms. The number of nitrogens with zero attached hydrogens (tertiary/aromatic N) is 2. The van der Waals surface area contributed by atoms with Crippen molar-refractivity contribution in [3.05, 3.63) is 24.4 Å². The highest BCUT2D eigenvalue weighted by Crippen LogP contribution is 2.14. The summed E-state index contributed by atoms with van der Waals surface area (Å²) in [7, 11) is 0. The monoisotopic (exact) mass is 206 g/mol. The van der Waals surface area contributed by atoms with Gasteiger partial charge in [-0.05, 0) is 12.1 Å². The zero-order valence-corrected chi connectivity index (χ0v) is 8.39. The van der Waals surface area contributed by atoms with Crippen LogP contribution in [-0.2, 0) is 4.79 Å². The smallest absolute Gasteiger partial charge is 0.241 e. The highest BCUT2D eigenvalue weighted by Gasteiger charge is 2.27. The first-order chi connectivity index (χ1) is 7.29. The summed E-state index contributed by atoms with van der Waals surface area (Å²) >= 11 is 0. The van der Waals surface area contributed by atoms with E-state index in [1.807, 2.05) is 23.1 Å². The number of amides is 1. The molecule has 1 aliphatic rings. The van der Waals surface area contributed by atoms with Crippen LogP contribution in [0.5, 0.6) is 0 Å². The summed E-state index contributed by atoms with van der Waals surface area (Å²) in [6.45, 7) is 2.19. The Kier molecular flexibility index (Phi) is 2.82. The van der Waals surface area contributed by atoms with E-state index in [0.717, 1.165) is 18.9 Å². The number of primary amides is 1. The fourth-order valence-corrected chi connectivity index (χ4v) is 1.76. The molecule has 3 N–H and O–H groups in total. The SMILES string of the molecule is NC(=O)C1CNCCN1c1ccccn1. The molecule has 1 aromatic rings. The van der Waals surface area contributed by atoms with E-state index in [1.54, 1.807) is 6.20 Å². The molecule has 0 aromatic carbocycles. The topological polar surface area (TPSA) is 71.2 Å². The number of hydrogen-bond acceptors (Lipinski definition) is 4. The lowest BCUT2D eigenvalue weighted by Crippen LogP contribution is -2.57. The van der Waals surface area contributed by atoms with Gasteiger partial charge in [-0.3, -0.25) is 4.79 Å². The minimum Gasteiger partial charge on any atom is -0.368 e. The van der Waals surface area contributed by atoms with Crippen LogP contribution in [0.2, 0.25) is 0 Å². The third-order valence-electron chi connectivity index (χ3n) is 2.52. The molecule has 0 spiro atoms. The molecule has 1 unspecified atom stereocenters. The third kappa shape index (κ3) is 2.07. The largest absolute Gasteiger partial charge is 0.368 e. The van der Waals surface area contributed by atoms with Crippen LogP contribution in [0, 0.1) is 0 Å². The number of hydrogen-bond donors (Lipinski definition) is 2. The van der Waals surface area contributed by atoms with Gasteiger partial charge < -0.3 is 16.0 Å². The molecule has 80 valence electrons. The lowest BCUT2D eigenvalue weighted by atomic mass is 10.2. The van der Waals surface area contributed by atoms with Gasteiger partial charge in [-0.2, -0.15) is 0 Å². The second kappa shape index (κ2) is 4.27. The number of nitrogens with two attached hydrogens (primary N) is 1. The normalized spacial score (nSPS) is 21.3. The summed E-state index contributed by atoms with van der Waals surface area (Å²) < 4.78 is 0. The Morgan fingerprint density at radius 1 is 1.60 bits per heavy atom. The molecule has 1 fully saturated rings. The zero-order valence-electron chi connectivity index (χ0n) is 8.39. The molecular formula is C10H14N4O. The summed E-state index contributed by atoms with van der Waals surface area (Å²) in [5.74, 6) is 0.496. The van der Waals surface area contributed by atoms with Crippen molar-refractivity contribution in [3.63, 3.8) is 0 Å². The molecule has 2 heterocycles. The summed E-state index contributed by atoms with van der Waals surface area (Å²) in [5, 5.41) is 3.15. The van der Waals surface area contributed by atoms with Gasteiger partial charge in [0.2, 0.25) is 5.91 Å². The molecule has 1 aromatic heterocycles. The van der Waals surface area contributed by atoms with Gasteiger partial charge in [0.1, 0.15) is 11.9 Å². The quantitative estimate of drug-likeness (QED) is 0.674. The first kappa shape index (κ1) is 9.92. The maximum Gasteiger partial charge on any atom is 0.241 e. The van der Waals surface area contributed by atoms with E-state index >= 15 is 0 Å². The lowest BCUT2D eigenvalue weighted by molar-refractivity contribution is -0.119. The predicted octanol–water partition coefficient (Wildman–Crippen LogP) is -0.655. The predicted molar refractivity (Wildman–Crippen MR) is 57.4 cm³/mol. The molecule has 5 nitrogen and oxygen atoms in total. The van der Waals surface area contributed by atoms with E-state index in [0.29, 0.717) is 6.54 Å². The summed E-state index contributed by atoms with van der Waals surface area (Å²) in [5.41, 5.74) is 5.35. The molecule has 0 radical (unpaired) electrons. The van der Waals surface area contributed by atoms with E-state index in [4.69, 9.17) is 5.73 Å². The van der Waals surface area contributed by atoms with Crippen LogP contribution in [0.15, 0.2) is 24.4 Å². The number of carbonyl (C=O) groups is 1. The van der Waals surface area contributed by atoms with Crippen LogP contribution in [0.1, 0.15) is 0 Å². The molecule has 1 atom stereocenters. The fraction of sp³-hybridized carbons (Fsp3) is 0.400. The van der Waals surface area contributed by atoms with E-state index in [9.17, 15) is 4.79 Å². The van der Waals surface area contributed by atoms with Crippen LogP contribution in [0.4, 0.5) is 5.82 Å². The minimum absolute atomic E-state index is 0.298. The van der Waals surface area contributed by atoms with Crippen molar-refractivity contribution >= 4 is 11.7 Å². The van der Waals surface area contributed by atoms with Crippen LogP contribution in [0.25, 0.3) is 0 Å². The van der Waals surface area contributed by atoms with Crippen LogP contribution < -0.4 is 16.0 Å². The van der Waals surface area contributed by atoms with Crippen molar-refractivity contribution < 1.29 is 4.79 Å². The van der Waals surface area contributed by atoms with Gasteiger partial charge >= 0.3 is 0 Å². The lowest BCUT2D eigenvalue weighted by Gasteiger charge is -2.34. The van der Waals surface area contributed by atoms with Gasteiger partial charge in [0.05, 0.1) is 0 Å². The number of nitrogens with one attached hydrogen (secondary N) is 1. The third-order valence-corrected chi connectivity index (χ3v) is 2.52. The average Bonchev–Trinajstić information content (AvgIpc) is 2.30. The highest BCUT2D eigenvalue weighted by atomic mass is 16.1. The first-order valence-electron chi connectivity index (χ1n) is 4.97. The maximum absolute atomic E-state index is 11.3. The maximum atomic E-state index is 11.3. The summed E-state index contributed by atoms with van der Waals surface area (Å²) in [6, 6.07) is 5.35. The van der Waals surface area contributed by atoms with Gasteiger partial charge in [0, 0.05) is 25.8 Å². The Hall–Kier alpha value is -1.62. The Bertz CT molecular complexity index is 341. The highest BCUT2D eigenvalue weighted by molar-refractivity contribution is 5.83. The van der Waals surface area contributed by atoms with Gasteiger partial charge in [-0.25, -0.2) is 4.98 Å². The number of rotatable bonds is 2. The van der Waals surface area contributed by atoms with Gasteiger partial charge in [-0.15, -0.1) is 0 Å². The van der Waals surface area contributed by atoms with Crippen LogP contribution >= 0.6 is 0 Å². The molecule has 1 amide bonds. The van der Waals surface area contributed by atoms with Gasteiger partial charge in [0.25, 0.3) is 0 Å². The number of carbonyl (C=O) groups excluding carboxylic acids is 1. The Morgan fingerprint density at radius 3 is 3.13 bits per heavy atom. The van der Waals surface area contributed by atoms with Crippen molar-refractivity contribution in [1.29, 1.82) is 0 Å². The van der Waals surface area contributed by atoms with Crippen molar-refractivity contribution in [2.75, 3.05) is 24.5 Å². The molecule has 15 heavy (non-hydrogen) atoms. The minimum atomic E-state index is -0.312. The van der Waals surface area contributed by atoms with E-state index < -0.39 is 0 Å². The number of anilines is 1. The number of pyridine rings is 1. The molecule has 1 aliphatic heterocycles. The van der Waals surface area contributed by atoms with Crippen LogP contribution in [-0.4, -0.2) is 36.6 Å². The van der Waals surface area contributed by atoms with Crippen molar-refractivity contribution in [3.8, 4) is 0 Å². The van der Waals surface area contributed by atoms with Crippen LogP contribution in [0.3, 0.4) is 0 Å².